The molecule has 4 rings (SSSR count). The molecule has 2 fully saturated rings. The van der Waals surface area contributed by atoms with Crippen molar-refractivity contribution >= 4 is 40.9 Å². The van der Waals surface area contributed by atoms with Gasteiger partial charge in [-0.1, -0.05) is 23.2 Å². The summed E-state index contributed by atoms with van der Waals surface area (Å²) in [6.07, 6.45) is 5.17. The van der Waals surface area contributed by atoms with Gasteiger partial charge in [0.1, 0.15) is 17.2 Å². The van der Waals surface area contributed by atoms with E-state index in [1.165, 1.54) is 6.42 Å². The van der Waals surface area contributed by atoms with Gasteiger partial charge >= 0.3 is 6.09 Å². The molecule has 10 heteroatoms. The summed E-state index contributed by atoms with van der Waals surface area (Å²) >= 11 is 11.6. The number of ether oxygens (including phenoxy) is 1. The largest absolute Gasteiger partial charge is 0.444 e. The Bertz CT molecular complexity index is 913. The molecule has 2 aromatic rings. The number of amides is 1. The second-order valence-electron chi connectivity index (χ2n) is 9.57. The van der Waals surface area contributed by atoms with Crippen LogP contribution in [0, 0.1) is 0 Å². The van der Waals surface area contributed by atoms with Gasteiger partial charge in [-0.05, 0) is 64.4 Å². The maximum atomic E-state index is 12.1. The highest BCUT2D eigenvalue weighted by atomic mass is 35.5. The van der Waals surface area contributed by atoms with E-state index in [1.807, 2.05) is 45.0 Å². The summed E-state index contributed by atoms with van der Waals surface area (Å²) in [6, 6.07) is 7.61. The minimum atomic E-state index is -0.458. The van der Waals surface area contributed by atoms with Gasteiger partial charge in [0.15, 0.2) is 0 Å². The third-order valence-corrected chi connectivity index (χ3v) is 6.01. The van der Waals surface area contributed by atoms with Gasteiger partial charge in [-0.2, -0.15) is 0 Å². The maximum Gasteiger partial charge on any atom is 0.410 e. The van der Waals surface area contributed by atoms with Crippen LogP contribution < -0.4 is 15.1 Å². The van der Waals surface area contributed by atoms with Crippen molar-refractivity contribution in [2.45, 2.75) is 39.2 Å². The molecule has 2 aromatic heterocycles. The predicted octanol–water partition coefficient (Wildman–Crippen LogP) is 4.72. The van der Waals surface area contributed by atoms with E-state index in [0.29, 0.717) is 23.1 Å². The zero-order valence-corrected chi connectivity index (χ0v) is 22.4. The van der Waals surface area contributed by atoms with Gasteiger partial charge in [0.05, 0.1) is 10.0 Å². The summed E-state index contributed by atoms with van der Waals surface area (Å²) < 4.78 is 5.42. The van der Waals surface area contributed by atoms with Gasteiger partial charge < -0.3 is 24.8 Å². The number of rotatable bonds is 2. The number of anilines is 2. The van der Waals surface area contributed by atoms with Crippen LogP contribution in [-0.2, 0) is 4.74 Å². The van der Waals surface area contributed by atoms with E-state index in [4.69, 9.17) is 27.9 Å². The van der Waals surface area contributed by atoms with E-state index in [2.05, 4.69) is 25.1 Å². The Balaban J connectivity index is 0.000000211. The van der Waals surface area contributed by atoms with Crippen LogP contribution in [0.3, 0.4) is 0 Å². The molecule has 2 saturated heterocycles. The lowest BCUT2D eigenvalue weighted by Crippen LogP contribution is -2.39. The molecular weight excluding hydrogens is 487 g/mol. The Morgan fingerprint density at radius 1 is 0.829 bits per heavy atom. The highest BCUT2D eigenvalue weighted by molar-refractivity contribution is 6.30. The van der Waals surface area contributed by atoms with Gasteiger partial charge in [-0.25, -0.2) is 14.8 Å². The first-order valence-electron chi connectivity index (χ1n) is 12.1. The molecule has 2 aliphatic heterocycles. The number of carbonyl (C=O) groups is 1. The summed E-state index contributed by atoms with van der Waals surface area (Å²) in [6.45, 7) is 12.8. The molecule has 0 aliphatic carbocycles. The van der Waals surface area contributed by atoms with Crippen LogP contribution in [-0.4, -0.2) is 78.9 Å². The van der Waals surface area contributed by atoms with Crippen molar-refractivity contribution in [2.24, 2.45) is 0 Å². The number of aromatic nitrogens is 2. The lowest BCUT2D eigenvalue weighted by Gasteiger charge is -2.26. The highest BCUT2D eigenvalue weighted by Crippen LogP contribution is 2.18. The Hall–Kier alpha value is -2.29. The second-order valence-corrected chi connectivity index (χ2v) is 10.4. The van der Waals surface area contributed by atoms with E-state index >= 15 is 0 Å². The van der Waals surface area contributed by atoms with E-state index in [-0.39, 0.29) is 6.09 Å². The van der Waals surface area contributed by atoms with E-state index in [1.54, 1.807) is 17.3 Å². The smallest absolute Gasteiger partial charge is 0.410 e. The number of pyridine rings is 2. The minimum absolute atomic E-state index is 0.242. The lowest BCUT2D eigenvalue weighted by atomic mass is 10.2. The molecule has 1 N–H and O–H groups in total. The predicted molar refractivity (Wildman–Crippen MR) is 143 cm³/mol. The van der Waals surface area contributed by atoms with Gasteiger partial charge in [0.25, 0.3) is 0 Å². The van der Waals surface area contributed by atoms with Crippen LogP contribution in [0.5, 0.6) is 0 Å². The number of nitrogens with zero attached hydrogens (tertiary/aromatic N) is 5. The Labute approximate surface area is 218 Å². The molecule has 2 aliphatic rings. The van der Waals surface area contributed by atoms with Crippen LogP contribution in [0.25, 0.3) is 0 Å². The summed E-state index contributed by atoms with van der Waals surface area (Å²) in [5.74, 6) is 1.92. The van der Waals surface area contributed by atoms with E-state index < -0.39 is 5.60 Å². The van der Waals surface area contributed by atoms with Gasteiger partial charge in [0, 0.05) is 58.2 Å². The van der Waals surface area contributed by atoms with Crippen molar-refractivity contribution in [1.82, 2.24) is 20.2 Å². The van der Waals surface area contributed by atoms with Crippen LogP contribution >= 0.6 is 23.2 Å². The standard InChI is InChI=1S/C15H22ClN3O2.C10H14ClN3/c1-15(2,3)21-14(20)19-8-4-7-18(9-10-19)13-6-5-12(16)11-17-13;11-9-2-3-10(13-8-9)14-6-1-4-12-5-7-14/h5-6,11H,4,7-10H2,1-3H3;2-3,8,12H,1,4-7H2. The van der Waals surface area contributed by atoms with E-state index in [0.717, 1.165) is 57.3 Å². The quantitative estimate of drug-likeness (QED) is 0.611. The van der Waals surface area contributed by atoms with Crippen molar-refractivity contribution in [3.63, 3.8) is 0 Å². The van der Waals surface area contributed by atoms with Gasteiger partial charge in [0.2, 0.25) is 0 Å². The summed E-state index contributed by atoms with van der Waals surface area (Å²) in [4.78, 5) is 27.0. The van der Waals surface area contributed by atoms with Crippen molar-refractivity contribution in [3.05, 3.63) is 46.7 Å². The number of hydrogen-bond donors (Lipinski definition) is 1. The molecule has 0 saturated carbocycles. The van der Waals surface area contributed by atoms with Gasteiger partial charge in [-0.15, -0.1) is 0 Å². The SMILES string of the molecule is CC(C)(C)OC(=O)N1CCCN(c2ccc(Cl)cn2)CC1.Clc1ccc(N2CCCNCC2)nc1. The fraction of sp³-hybridized carbons (Fsp3) is 0.560. The number of halogens is 2. The minimum Gasteiger partial charge on any atom is -0.444 e. The van der Waals surface area contributed by atoms with E-state index in [9.17, 15) is 4.79 Å². The maximum absolute atomic E-state index is 12.1. The molecule has 0 aromatic carbocycles. The first kappa shape index (κ1) is 27.3. The lowest BCUT2D eigenvalue weighted by molar-refractivity contribution is 0.0263. The molecule has 35 heavy (non-hydrogen) atoms. The topological polar surface area (TPSA) is 73.8 Å². The number of hydrogen-bond acceptors (Lipinski definition) is 7. The fourth-order valence-electron chi connectivity index (χ4n) is 3.84. The average molecular weight is 524 g/mol. The summed E-state index contributed by atoms with van der Waals surface area (Å²) in [5.41, 5.74) is -0.458. The monoisotopic (exact) mass is 522 g/mol. The molecule has 0 radical (unpaired) electrons. The Kier molecular flexibility index (Phi) is 10.2. The summed E-state index contributed by atoms with van der Waals surface area (Å²) in [7, 11) is 0. The van der Waals surface area contributed by atoms with Crippen molar-refractivity contribution in [2.75, 3.05) is 62.2 Å². The second kappa shape index (κ2) is 13.1. The first-order chi connectivity index (χ1) is 16.7. The average Bonchev–Trinajstić information content (AvgIpc) is 3.23. The highest BCUT2D eigenvalue weighted by Gasteiger charge is 2.24. The zero-order valence-electron chi connectivity index (χ0n) is 20.8. The molecule has 0 atom stereocenters. The molecule has 4 heterocycles. The Morgan fingerprint density at radius 3 is 2.00 bits per heavy atom. The van der Waals surface area contributed by atoms with Crippen LogP contribution in [0.1, 0.15) is 33.6 Å². The molecule has 8 nitrogen and oxygen atoms in total. The molecule has 0 bridgehead atoms. The van der Waals surface area contributed by atoms with Crippen LogP contribution in [0.2, 0.25) is 10.0 Å². The van der Waals surface area contributed by atoms with Crippen molar-refractivity contribution in [1.29, 1.82) is 0 Å². The fourth-order valence-corrected chi connectivity index (χ4v) is 4.06. The molecule has 0 unspecified atom stereocenters. The van der Waals surface area contributed by atoms with Crippen molar-refractivity contribution in [3.8, 4) is 0 Å². The van der Waals surface area contributed by atoms with Crippen molar-refractivity contribution < 1.29 is 9.53 Å². The Morgan fingerprint density at radius 2 is 1.43 bits per heavy atom. The van der Waals surface area contributed by atoms with Gasteiger partial charge in [-0.3, -0.25) is 0 Å². The van der Waals surface area contributed by atoms with Crippen LogP contribution in [0.4, 0.5) is 16.4 Å². The molecule has 0 spiro atoms. The van der Waals surface area contributed by atoms with Crippen LogP contribution in [0.15, 0.2) is 36.7 Å². The third kappa shape index (κ3) is 9.35. The summed E-state index contributed by atoms with van der Waals surface area (Å²) in [5, 5.41) is 4.69. The molecule has 192 valence electrons. The number of carbonyl (C=O) groups excluding carboxylic acids is 1. The number of nitrogens with one attached hydrogen (secondary N) is 1. The first-order valence-corrected chi connectivity index (χ1v) is 12.9. The molecular formula is C25H36Cl2N6O2. The zero-order chi connectivity index (χ0) is 25.3. The normalized spacial score (nSPS) is 17.1. The third-order valence-electron chi connectivity index (χ3n) is 5.56. The molecule has 1 amide bonds.